The van der Waals surface area contributed by atoms with Gasteiger partial charge in [-0.25, -0.2) is 4.79 Å². The molecule has 1 atom stereocenters. The number of rotatable bonds is 6. The predicted molar refractivity (Wildman–Crippen MR) is 62.6 cm³/mol. The molecule has 0 bridgehead atoms. The van der Waals surface area contributed by atoms with Crippen molar-refractivity contribution in [2.75, 3.05) is 6.54 Å². The van der Waals surface area contributed by atoms with Crippen LogP contribution in [0.15, 0.2) is 0 Å². The first-order valence-electron chi connectivity index (χ1n) is 6.35. The van der Waals surface area contributed by atoms with Gasteiger partial charge in [-0.15, -0.1) is 0 Å². The lowest BCUT2D eigenvalue weighted by Gasteiger charge is -2.17. The van der Waals surface area contributed by atoms with Crippen molar-refractivity contribution in [3.05, 3.63) is 0 Å². The number of aliphatic carboxylic acids is 1. The van der Waals surface area contributed by atoms with E-state index in [-0.39, 0.29) is 6.03 Å². The molecule has 0 saturated heterocycles. The average molecular weight is 240 g/mol. The van der Waals surface area contributed by atoms with Gasteiger partial charge in [0.15, 0.2) is 0 Å². The highest BCUT2D eigenvalue weighted by Gasteiger charge is 2.41. The standard InChI is InChI=1S/C12H20N2O3/c1-7(11(15)16)14-12(17)13-6-10(8-2-3-8)9-4-5-9/h7-10H,2-6H2,1H3,(H,15,16)(H2,13,14,17). The number of amides is 2. The molecule has 3 N–H and O–H groups in total. The van der Waals surface area contributed by atoms with Crippen molar-refractivity contribution in [2.24, 2.45) is 17.8 Å². The predicted octanol–water partition coefficient (Wildman–Crippen LogP) is 1.19. The molecule has 0 heterocycles. The number of nitrogens with one attached hydrogen (secondary N) is 2. The molecule has 1 unspecified atom stereocenters. The van der Waals surface area contributed by atoms with E-state index in [1.54, 1.807) is 0 Å². The molecule has 0 aromatic rings. The maximum absolute atomic E-state index is 11.5. The summed E-state index contributed by atoms with van der Waals surface area (Å²) in [6.07, 6.45) is 5.15. The lowest BCUT2D eigenvalue weighted by atomic mass is 9.98. The van der Waals surface area contributed by atoms with Gasteiger partial charge in [0, 0.05) is 6.54 Å². The fourth-order valence-electron chi connectivity index (χ4n) is 2.29. The van der Waals surface area contributed by atoms with Crippen molar-refractivity contribution in [2.45, 2.75) is 38.6 Å². The van der Waals surface area contributed by atoms with Crippen molar-refractivity contribution in [1.29, 1.82) is 0 Å². The largest absolute Gasteiger partial charge is 0.480 e. The Labute approximate surface area is 101 Å². The molecule has 0 aromatic heterocycles. The molecule has 0 spiro atoms. The topological polar surface area (TPSA) is 78.4 Å². The van der Waals surface area contributed by atoms with Crippen LogP contribution >= 0.6 is 0 Å². The summed E-state index contributed by atoms with van der Waals surface area (Å²) < 4.78 is 0. The van der Waals surface area contributed by atoms with Gasteiger partial charge in [-0.1, -0.05) is 0 Å². The van der Waals surface area contributed by atoms with Crippen LogP contribution in [0.25, 0.3) is 0 Å². The minimum atomic E-state index is -1.01. The van der Waals surface area contributed by atoms with Gasteiger partial charge in [-0.3, -0.25) is 4.79 Å². The van der Waals surface area contributed by atoms with Crippen LogP contribution in [0, 0.1) is 17.8 Å². The quantitative estimate of drug-likeness (QED) is 0.652. The van der Waals surface area contributed by atoms with Crippen LogP contribution in [0.1, 0.15) is 32.6 Å². The van der Waals surface area contributed by atoms with Crippen LogP contribution in [0.4, 0.5) is 4.79 Å². The highest BCUT2D eigenvalue weighted by Crippen LogP contribution is 2.48. The van der Waals surface area contributed by atoms with Crippen LogP contribution in [-0.2, 0) is 4.79 Å². The molecular weight excluding hydrogens is 220 g/mol. The Kier molecular flexibility index (Phi) is 3.54. The number of hydrogen-bond acceptors (Lipinski definition) is 2. The smallest absolute Gasteiger partial charge is 0.325 e. The van der Waals surface area contributed by atoms with E-state index in [0.29, 0.717) is 12.5 Å². The first kappa shape index (κ1) is 12.2. The van der Waals surface area contributed by atoms with Gasteiger partial charge in [0.2, 0.25) is 0 Å². The summed E-state index contributed by atoms with van der Waals surface area (Å²) >= 11 is 0. The van der Waals surface area contributed by atoms with E-state index in [9.17, 15) is 9.59 Å². The molecule has 2 fully saturated rings. The summed E-state index contributed by atoms with van der Waals surface area (Å²) in [5.41, 5.74) is 0. The van der Waals surface area contributed by atoms with Gasteiger partial charge in [-0.05, 0) is 50.4 Å². The molecule has 0 aliphatic heterocycles. The average Bonchev–Trinajstić information content (AvgIpc) is 3.12. The van der Waals surface area contributed by atoms with Crippen LogP contribution < -0.4 is 10.6 Å². The zero-order chi connectivity index (χ0) is 12.4. The number of carboxylic acids is 1. The fourth-order valence-corrected chi connectivity index (χ4v) is 2.29. The Morgan fingerprint density at radius 1 is 1.24 bits per heavy atom. The highest BCUT2D eigenvalue weighted by atomic mass is 16.4. The molecule has 17 heavy (non-hydrogen) atoms. The summed E-state index contributed by atoms with van der Waals surface area (Å²) in [6, 6.07) is -1.21. The minimum Gasteiger partial charge on any atom is -0.480 e. The van der Waals surface area contributed by atoms with E-state index < -0.39 is 12.0 Å². The molecule has 0 aromatic carbocycles. The molecule has 2 aliphatic rings. The Balaban J connectivity index is 1.69. The van der Waals surface area contributed by atoms with Crippen molar-refractivity contribution < 1.29 is 14.7 Å². The van der Waals surface area contributed by atoms with Gasteiger partial charge >= 0.3 is 12.0 Å². The van der Waals surface area contributed by atoms with Gasteiger partial charge < -0.3 is 15.7 Å². The minimum absolute atomic E-state index is 0.369. The SMILES string of the molecule is CC(NC(=O)NCC(C1CC1)C1CC1)C(=O)O. The van der Waals surface area contributed by atoms with E-state index in [4.69, 9.17) is 5.11 Å². The third-order valence-corrected chi connectivity index (χ3v) is 3.67. The molecule has 0 radical (unpaired) electrons. The van der Waals surface area contributed by atoms with E-state index in [0.717, 1.165) is 11.8 Å². The van der Waals surface area contributed by atoms with E-state index in [2.05, 4.69) is 10.6 Å². The summed E-state index contributed by atoms with van der Waals surface area (Å²) in [5, 5.41) is 13.9. The Morgan fingerprint density at radius 3 is 2.18 bits per heavy atom. The van der Waals surface area contributed by atoms with Crippen molar-refractivity contribution in [3.63, 3.8) is 0 Å². The second-order valence-electron chi connectivity index (χ2n) is 5.25. The van der Waals surface area contributed by atoms with E-state index >= 15 is 0 Å². The van der Waals surface area contributed by atoms with Crippen molar-refractivity contribution >= 4 is 12.0 Å². The third-order valence-electron chi connectivity index (χ3n) is 3.67. The maximum atomic E-state index is 11.5. The van der Waals surface area contributed by atoms with Gasteiger partial charge in [0.25, 0.3) is 0 Å². The molecule has 2 aliphatic carbocycles. The summed E-state index contributed by atoms with van der Waals surface area (Å²) in [4.78, 5) is 22.0. The molecular formula is C12H20N2O3. The monoisotopic (exact) mass is 240 g/mol. The Hall–Kier alpha value is -1.26. The number of carboxylic acid groups (broad SMARTS) is 1. The third kappa shape index (κ3) is 3.61. The second-order valence-corrected chi connectivity index (χ2v) is 5.25. The van der Waals surface area contributed by atoms with Crippen LogP contribution in [0.5, 0.6) is 0 Å². The van der Waals surface area contributed by atoms with Gasteiger partial charge in [-0.2, -0.15) is 0 Å². The van der Waals surface area contributed by atoms with E-state index in [1.807, 2.05) is 0 Å². The van der Waals surface area contributed by atoms with Gasteiger partial charge in [0.1, 0.15) is 6.04 Å². The molecule has 5 heteroatoms. The number of carbonyl (C=O) groups excluding carboxylic acids is 1. The zero-order valence-electron chi connectivity index (χ0n) is 10.1. The molecule has 2 saturated carbocycles. The Morgan fingerprint density at radius 2 is 1.76 bits per heavy atom. The highest BCUT2D eigenvalue weighted by molar-refractivity contribution is 5.82. The van der Waals surface area contributed by atoms with Crippen LogP contribution in [0.2, 0.25) is 0 Å². The van der Waals surface area contributed by atoms with Crippen molar-refractivity contribution in [1.82, 2.24) is 10.6 Å². The molecule has 2 rings (SSSR count). The van der Waals surface area contributed by atoms with Gasteiger partial charge in [0.05, 0.1) is 0 Å². The number of carbonyl (C=O) groups is 2. The summed E-state index contributed by atoms with van der Waals surface area (Å²) in [6.45, 7) is 2.15. The normalized spacial score (nSPS) is 21.1. The fraction of sp³-hybridized carbons (Fsp3) is 0.833. The van der Waals surface area contributed by atoms with Crippen molar-refractivity contribution in [3.8, 4) is 0 Å². The summed E-state index contributed by atoms with van der Waals surface area (Å²) in [5.74, 6) is 1.18. The number of urea groups is 1. The summed E-state index contributed by atoms with van der Waals surface area (Å²) in [7, 11) is 0. The van der Waals surface area contributed by atoms with Crippen LogP contribution in [0.3, 0.4) is 0 Å². The second kappa shape index (κ2) is 4.94. The molecule has 96 valence electrons. The number of hydrogen-bond donors (Lipinski definition) is 3. The zero-order valence-corrected chi connectivity index (χ0v) is 10.1. The first-order valence-corrected chi connectivity index (χ1v) is 6.35. The molecule has 5 nitrogen and oxygen atoms in total. The first-order chi connectivity index (χ1) is 8.08. The van der Waals surface area contributed by atoms with E-state index in [1.165, 1.54) is 32.6 Å². The molecule has 2 amide bonds. The lowest BCUT2D eigenvalue weighted by molar-refractivity contribution is -0.138. The Bertz CT molecular complexity index is 299. The van der Waals surface area contributed by atoms with Crippen LogP contribution in [-0.4, -0.2) is 29.7 Å². The lowest BCUT2D eigenvalue weighted by Crippen LogP contribution is -2.45. The maximum Gasteiger partial charge on any atom is 0.325 e.